The van der Waals surface area contributed by atoms with Crippen LogP contribution < -0.4 is 0 Å². The first-order valence-electron chi connectivity index (χ1n) is 5.35. The van der Waals surface area contributed by atoms with Gasteiger partial charge in [0, 0.05) is 11.3 Å². The molecule has 18 heavy (non-hydrogen) atoms. The van der Waals surface area contributed by atoms with E-state index in [0.717, 1.165) is 21.8 Å². The quantitative estimate of drug-likeness (QED) is 0.646. The van der Waals surface area contributed by atoms with Crippen molar-refractivity contribution in [2.45, 2.75) is 11.9 Å². The fraction of sp³-hybridized carbons (Fsp3) is 0.143. The fourth-order valence-corrected chi connectivity index (χ4v) is 2.53. The van der Waals surface area contributed by atoms with Gasteiger partial charge < -0.3 is 4.98 Å². The lowest BCUT2D eigenvalue weighted by Gasteiger charge is -2.01. The predicted molar refractivity (Wildman–Crippen MR) is 73.7 cm³/mol. The molecule has 0 fully saturated rings. The molecule has 1 aromatic heterocycles. The highest BCUT2D eigenvalue weighted by Gasteiger charge is 2.15. The monoisotopic (exact) mass is 253 g/mol. The topological polar surface area (TPSA) is 43.9 Å². The van der Waals surface area contributed by atoms with Crippen molar-refractivity contribution in [2.24, 2.45) is 0 Å². The molecular weight excluding hydrogens is 242 g/mol. The lowest BCUT2D eigenvalue weighted by atomic mass is 10.0. The summed E-state index contributed by atoms with van der Waals surface area (Å²) in [6.07, 6.45) is 1.94. The number of rotatable bonds is 2. The minimum atomic E-state index is 0.607. The van der Waals surface area contributed by atoms with Crippen LogP contribution in [0, 0.1) is 24.8 Å². The first-order valence-corrected chi connectivity index (χ1v) is 6.58. The normalized spacial score (nSPS) is 9.78. The van der Waals surface area contributed by atoms with Crippen molar-refractivity contribution in [3.8, 4) is 17.2 Å². The van der Waals surface area contributed by atoms with Gasteiger partial charge in [0.25, 0.3) is 0 Å². The van der Waals surface area contributed by atoms with E-state index in [-0.39, 0.29) is 0 Å². The van der Waals surface area contributed by atoms with Gasteiger partial charge in [-0.05, 0) is 18.7 Å². The Labute approximate surface area is 110 Å². The zero-order valence-electron chi connectivity index (χ0n) is 10.1. The maximum atomic E-state index is 9.27. The van der Waals surface area contributed by atoms with Crippen LogP contribution in [0.2, 0.25) is 0 Å². The number of aryl methyl sites for hydroxylation is 1. The van der Waals surface area contributed by atoms with E-state index in [4.69, 9.17) is 6.57 Å². The Morgan fingerprint density at radius 1 is 1.33 bits per heavy atom. The Hall–Kier alpha value is -2.17. The molecule has 0 radical (unpaired) electrons. The van der Waals surface area contributed by atoms with Crippen molar-refractivity contribution in [1.29, 1.82) is 5.26 Å². The number of hydrogen-bond acceptors (Lipinski definition) is 2. The summed E-state index contributed by atoms with van der Waals surface area (Å²) in [5.74, 6) is 0. The van der Waals surface area contributed by atoms with Crippen molar-refractivity contribution in [3.63, 3.8) is 0 Å². The standard InChI is InChI=1S/C14H11N3S/c1-9-13(12(8-15)14(17-9)18-3)10-4-6-11(16-2)7-5-10/h4-7,17H,1,3H3. The fourth-order valence-electron chi connectivity index (χ4n) is 1.92. The molecule has 0 unspecified atom stereocenters. The second-order valence-corrected chi connectivity index (χ2v) is 4.62. The summed E-state index contributed by atoms with van der Waals surface area (Å²) in [7, 11) is 0. The zero-order chi connectivity index (χ0) is 13.1. The van der Waals surface area contributed by atoms with E-state index in [1.807, 2.05) is 25.3 Å². The van der Waals surface area contributed by atoms with Gasteiger partial charge in [-0.15, -0.1) is 11.8 Å². The number of thioether (sulfide) groups is 1. The van der Waals surface area contributed by atoms with Crippen molar-refractivity contribution in [3.05, 3.63) is 46.9 Å². The molecule has 0 amide bonds. The van der Waals surface area contributed by atoms with E-state index in [0.29, 0.717) is 11.3 Å². The lowest BCUT2D eigenvalue weighted by molar-refractivity contribution is 1.13. The molecule has 0 spiro atoms. The van der Waals surface area contributed by atoms with Crippen LogP contribution in [-0.2, 0) is 0 Å². The number of aromatic amines is 1. The Bertz CT molecular complexity index is 654. The van der Waals surface area contributed by atoms with E-state index in [9.17, 15) is 5.26 Å². The maximum absolute atomic E-state index is 9.27. The summed E-state index contributed by atoms with van der Waals surface area (Å²) in [6, 6.07) is 9.56. The number of nitriles is 1. The van der Waals surface area contributed by atoms with Gasteiger partial charge in [0.1, 0.15) is 6.07 Å². The summed E-state index contributed by atoms with van der Waals surface area (Å²) >= 11 is 1.53. The third-order valence-electron chi connectivity index (χ3n) is 2.75. The van der Waals surface area contributed by atoms with Crippen LogP contribution in [0.5, 0.6) is 0 Å². The predicted octanol–water partition coefficient (Wildman–Crippen LogP) is 4.13. The molecule has 0 saturated heterocycles. The molecule has 1 N–H and O–H groups in total. The second kappa shape index (κ2) is 5.00. The van der Waals surface area contributed by atoms with E-state index in [1.165, 1.54) is 11.8 Å². The van der Waals surface area contributed by atoms with Gasteiger partial charge in [0.2, 0.25) is 0 Å². The molecule has 88 valence electrons. The lowest BCUT2D eigenvalue weighted by Crippen LogP contribution is -1.82. The van der Waals surface area contributed by atoms with Gasteiger partial charge in [-0.3, -0.25) is 0 Å². The number of benzene rings is 1. The van der Waals surface area contributed by atoms with Gasteiger partial charge in [-0.25, -0.2) is 4.85 Å². The van der Waals surface area contributed by atoms with E-state index < -0.39 is 0 Å². The van der Waals surface area contributed by atoms with Crippen LogP contribution in [-0.4, -0.2) is 11.2 Å². The zero-order valence-corrected chi connectivity index (χ0v) is 10.9. The number of aromatic nitrogens is 1. The van der Waals surface area contributed by atoms with Crippen molar-refractivity contribution in [1.82, 2.24) is 4.98 Å². The molecule has 0 aliphatic heterocycles. The molecule has 0 aliphatic rings. The number of H-pyrrole nitrogens is 1. The second-order valence-electron chi connectivity index (χ2n) is 3.80. The average Bonchev–Trinajstić information content (AvgIpc) is 2.74. The molecule has 0 saturated carbocycles. The molecule has 4 heteroatoms. The van der Waals surface area contributed by atoms with E-state index in [2.05, 4.69) is 15.9 Å². The Kier molecular flexibility index (Phi) is 3.41. The summed E-state index contributed by atoms with van der Waals surface area (Å²) in [5.41, 5.74) is 4.16. The molecule has 0 bridgehead atoms. The third kappa shape index (κ3) is 1.99. The van der Waals surface area contributed by atoms with Crippen molar-refractivity contribution < 1.29 is 0 Å². The van der Waals surface area contributed by atoms with Gasteiger partial charge in [-0.2, -0.15) is 5.26 Å². The van der Waals surface area contributed by atoms with Gasteiger partial charge >= 0.3 is 0 Å². The number of nitrogens with zero attached hydrogens (tertiary/aromatic N) is 2. The minimum Gasteiger partial charge on any atom is -0.352 e. The van der Waals surface area contributed by atoms with Crippen LogP contribution >= 0.6 is 11.8 Å². The van der Waals surface area contributed by atoms with E-state index >= 15 is 0 Å². The Balaban J connectivity index is 2.60. The first kappa shape index (κ1) is 12.3. The molecule has 3 nitrogen and oxygen atoms in total. The third-order valence-corrected chi connectivity index (χ3v) is 3.47. The van der Waals surface area contributed by atoms with Crippen LogP contribution in [0.1, 0.15) is 11.3 Å². The summed E-state index contributed by atoms with van der Waals surface area (Å²) in [6.45, 7) is 8.89. The van der Waals surface area contributed by atoms with Crippen LogP contribution in [0.15, 0.2) is 29.3 Å². The number of nitrogens with one attached hydrogen (secondary N) is 1. The molecule has 2 rings (SSSR count). The van der Waals surface area contributed by atoms with Crippen LogP contribution in [0.3, 0.4) is 0 Å². The number of hydrogen-bond donors (Lipinski definition) is 1. The first-order chi connectivity index (χ1) is 8.71. The van der Waals surface area contributed by atoms with Crippen molar-refractivity contribution >= 4 is 17.4 Å². The SMILES string of the molecule is [C-]#[N+]c1ccc(-c2c(C)[nH]c(SC)c2C#N)cc1. The Morgan fingerprint density at radius 2 is 2.00 bits per heavy atom. The smallest absolute Gasteiger partial charge is 0.187 e. The summed E-state index contributed by atoms with van der Waals surface area (Å²) in [4.78, 5) is 6.59. The highest BCUT2D eigenvalue weighted by molar-refractivity contribution is 7.98. The molecule has 1 aromatic carbocycles. The van der Waals surface area contributed by atoms with Crippen LogP contribution in [0.25, 0.3) is 16.0 Å². The average molecular weight is 253 g/mol. The molecule has 1 heterocycles. The van der Waals surface area contributed by atoms with Gasteiger partial charge in [0.15, 0.2) is 5.69 Å². The van der Waals surface area contributed by atoms with Crippen molar-refractivity contribution in [2.75, 3.05) is 6.26 Å². The molecule has 0 aliphatic carbocycles. The maximum Gasteiger partial charge on any atom is 0.187 e. The largest absolute Gasteiger partial charge is 0.352 e. The molecule has 2 aromatic rings. The van der Waals surface area contributed by atoms with E-state index in [1.54, 1.807) is 12.1 Å². The minimum absolute atomic E-state index is 0.607. The summed E-state index contributed by atoms with van der Waals surface area (Å²) < 4.78 is 0. The Morgan fingerprint density at radius 3 is 2.50 bits per heavy atom. The summed E-state index contributed by atoms with van der Waals surface area (Å²) in [5, 5.41) is 10.2. The van der Waals surface area contributed by atoms with Crippen LogP contribution in [0.4, 0.5) is 5.69 Å². The highest BCUT2D eigenvalue weighted by Crippen LogP contribution is 2.34. The highest BCUT2D eigenvalue weighted by atomic mass is 32.2. The molecular formula is C14H11N3S. The van der Waals surface area contributed by atoms with Gasteiger partial charge in [0.05, 0.1) is 17.2 Å². The van der Waals surface area contributed by atoms with Gasteiger partial charge in [-0.1, -0.05) is 24.3 Å². The molecule has 0 atom stereocenters.